The minimum absolute atomic E-state index is 0.559. The van der Waals surface area contributed by atoms with E-state index in [0.717, 1.165) is 41.4 Å². The zero-order valence-electron chi connectivity index (χ0n) is 21.2. The van der Waals surface area contributed by atoms with E-state index in [1.165, 1.54) is 116 Å². The van der Waals surface area contributed by atoms with Crippen LogP contribution in [-0.4, -0.2) is 13.2 Å². The van der Waals surface area contributed by atoms with Gasteiger partial charge in [-0.3, -0.25) is 0 Å². The number of methoxy groups -OCH3 is 1. The summed E-state index contributed by atoms with van der Waals surface area (Å²) in [6, 6.07) is 0. The second kappa shape index (κ2) is 12.8. The van der Waals surface area contributed by atoms with Crippen molar-refractivity contribution in [2.45, 2.75) is 122 Å². The maximum absolute atomic E-state index is 5.59. The van der Waals surface area contributed by atoms with Crippen LogP contribution >= 0.6 is 0 Å². The summed E-state index contributed by atoms with van der Waals surface area (Å²) in [7, 11) is 1.90. The Morgan fingerprint density at radius 1 is 0.625 bits per heavy atom. The molecule has 0 radical (unpaired) electrons. The molecular formula is C31H52O. The minimum Gasteiger partial charge on any atom is -0.381 e. The standard InChI is InChI=1S/C31H52O/c1-3-24-8-10-25(11-9-24)6-4-5-7-26-12-14-27(15-13-26)28-16-18-29(19-17-28)30-20-22-31(32-2)23-21-30/h3,5,7,24-31H,1,4,6,8-23H2,2H3/b7-5+. The summed E-state index contributed by atoms with van der Waals surface area (Å²) in [5, 5.41) is 0. The van der Waals surface area contributed by atoms with E-state index >= 15 is 0 Å². The zero-order valence-corrected chi connectivity index (χ0v) is 21.2. The molecule has 0 bridgehead atoms. The third-order valence-electron chi connectivity index (χ3n) is 10.4. The first kappa shape index (κ1) is 24.6. The Morgan fingerprint density at radius 3 is 1.59 bits per heavy atom. The first-order valence-electron chi connectivity index (χ1n) is 14.6. The Kier molecular flexibility index (Phi) is 9.81. The lowest BCUT2D eigenvalue weighted by molar-refractivity contribution is 0.0359. The third kappa shape index (κ3) is 6.97. The number of rotatable bonds is 8. The number of hydrogen-bond acceptors (Lipinski definition) is 1. The van der Waals surface area contributed by atoms with Gasteiger partial charge in [-0.25, -0.2) is 0 Å². The summed E-state index contributed by atoms with van der Waals surface area (Å²) < 4.78 is 5.59. The van der Waals surface area contributed by atoms with Crippen LogP contribution in [0.2, 0.25) is 0 Å². The van der Waals surface area contributed by atoms with Crippen LogP contribution in [0.15, 0.2) is 24.8 Å². The molecule has 0 spiro atoms. The largest absolute Gasteiger partial charge is 0.381 e. The molecule has 1 heteroatoms. The molecule has 32 heavy (non-hydrogen) atoms. The zero-order chi connectivity index (χ0) is 22.2. The van der Waals surface area contributed by atoms with Gasteiger partial charge in [-0.15, -0.1) is 6.58 Å². The average Bonchev–Trinajstić information content (AvgIpc) is 2.87. The van der Waals surface area contributed by atoms with Gasteiger partial charge in [0.05, 0.1) is 6.10 Å². The molecule has 4 saturated carbocycles. The van der Waals surface area contributed by atoms with E-state index in [0.29, 0.717) is 6.10 Å². The molecule has 4 fully saturated rings. The minimum atomic E-state index is 0.559. The molecule has 0 heterocycles. The van der Waals surface area contributed by atoms with Crippen molar-refractivity contribution in [3.05, 3.63) is 24.8 Å². The molecule has 0 atom stereocenters. The summed E-state index contributed by atoms with van der Waals surface area (Å²) in [5.74, 6) is 6.83. The molecule has 0 saturated heterocycles. The lowest BCUT2D eigenvalue weighted by atomic mass is 9.65. The predicted molar refractivity (Wildman–Crippen MR) is 138 cm³/mol. The lowest BCUT2D eigenvalue weighted by Crippen LogP contribution is -2.30. The van der Waals surface area contributed by atoms with Gasteiger partial charge in [0, 0.05) is 7.11 Å². The predicted octanol–water partition coefficient (Wildman–Crippen LogP) is 9.13. The van der Waals surface area contributed by atoms with Crippen LogP contribution in [0.5, 0.6) is 0 Å². The van der Waals surface area contributed by atoms with Gasteiger partial charge < -0.3 is 4.74 Å². The molecule has 0 aromatic rings. The molecule has 0 aromatic carbocycles. The molecule has 0 unspecified atom stereocenters. The van der Waals surface area contributed by atoms with Crippen LogP contribution in [0.25, 0.3) is 0 Å². The van der Waals surface area contributed by atoms with Gasteiger partial charge in [0.1, 0.15) is 0 Å². The maximum Gasteiger partial charge on any atom is 0.0571 e. The highest BCUT2D eigenvalue weighted by atomic mass is 16.5. The van der Waals surface area contributed by atoms with Crippen LogP contribution < -0.4 is 0 Å². The Labute approximate surface area is 199 Å². The molecule has 182 valence electrons. The van der Waals surface area contributed by atoms with Crippen LogP contribution in [0, 0.1) is 41.4 Å². The van der Waals surface area contributed by atoms with Gasteiger partial charge in [-0.05, 0) is 157 Å². The van der Waals surface area contributed by atoms with E-state index in [9.17, 15) is 0 Å². The molecule has 4 rings (SSSR count). The summed E-state index contributed by atoms with van der Waals surface area (Å²) >= 11 is 0. The van der Waals surface area contributed by atoms with Crippen molar-refractivity contribution in [3.63, 3.8) is 0 Å². The summed E-state index contributed by atoms with van der Waals surface area (Å²) in [6.07, 6.45) is 33.9. The molecule has 4 aliphatic rings. The molecule has 4 aliphatic carbocycles. The molecule has 1 nitrogen and oxygen atoms in total. The maximum atomic E-state index is 5.59. The van der Waals surface area contributed by atoms with E-state index in [1.54, 1.807) is 0 Å². The quantitative estimate of drug-likeness (QED) is 0.342. The van der Waals surface area contributed by atoms with Crippen molar-refractivity contribution in [1.82, 2.24) is 0 Å². The highest BCUT2D eigenvalue weighted by Gasteiger charge is 2.34. The van der Waals surface area contributed by atoms with Gasteiger partial charge in [0.2, 0.25) is 0 Å². The second-order valence-electron chi connectivity index (χ2n) is 12.1. The Morgan fingerprint density at radius 2 is 1.09 bits per heavy atom. The third-order valence-corrected chi connectivity index (χ3v) is 10.4. The number of ether oxygens (including phenoxy) is 1. The van der Waals surface area contributed by atoms with Gasteiger partial charge in [-0.1, -0.05) is 18.2 Å². The van der Waals surface area contributed by atoms with Crippen LogP contribution in [0.4, 0.5) is 0 Å². The second-order valence-corrected chi connectivity index (χ2v) is 12.1. The summed E-state index contributed by atoms with van der Waals surface area (Å²) in [4.78, 5) is 0. The highest BCUT2D eigenvalue weighted by Crippen LogP contribution is 2.45. The smallest absolute Gasteiger partial charge is 0.0571 e. The topological polar surface area (TPSA) is 9.23 Å². The van der Waals surface area contributed by atoms with E-state index < -0.39 is 0 Å². The van der Waals surface area contributed by atoms with Crippen molar-refractivity contribution in [3.8, 4) is 0 Å². The molecule has 0 aliphatic heterocycles. The lowest BCUT2D eigenvalue weighted by Gasteiger charge is -2.41. The summed E-state index contributed by atoms with van der Waals surface area (Å²) in [5.41, 5.74) is 0. The van der Waals surface area contributed by atoms with Crippen molar-refractivity contribution < 1.29 is 4.74 Å². The first-order valence-corrected chi connectivity index (χ1v) is 14.6. The van der Waals surface area contributed by atoms with Crippen molar-refractivity contribution >= 4 is 0 Å². The molecule has 0 amide bonds. The highest BCUT2D eigenvalue weighted by molar-refractivity contribution is 4.94. The van der Waals surface area contributed by atoms with Crippen molar-refractivity contribution in [2.75, 3.05) is 7.11 Å². The fourth-order valence-corrected chi connectivity index (χ4v) is 8.03. The molecule has 0 N–H and O–H groups in total. The normalized spacial score (nSPS) is 41.5. The van der Waals surface area contributed by atoms with Crippen molar-refractivity contribution in [1.29, 1.82) is 0 Å². The van der Waals surface area contributed by atoms with Crippen LogP contribution in [-0.2, 0) is 4.74 Å². The molecule has 0 aromatic heterocycles. The Balaban J connectivity index is 1.08. The number of hydrogen-bond donors (Lipinski definition) is 0. The van der Waals surface area contributed by atoms with Gasteiger partial charge in [0.25, 0.3) is 0 Å². The average molecular weight is 441 g/mol. The van der Waals surface area contributed by atoms with Gasteiger partial charge in [-0.2, -0.15) is 0 Å². The van der Waals surface area contributed by atoms with Crippen molar-refractivity contribution in [2.24, 2.45) is 41.4 Å². The van der Waals surface area contributed by atoms with Gasteiger partial charge >= 0.3 is 0 Å². The van der Waals surface area contributed by atoms with Gasteiger partial charge in [0.15, 0.2) is 0 Å². The van der Waals surface area contributed by atoms with Crippen LogP contribution in [0.3, 0.4) is 0 Å². The number of allylic oxidation sites excluding steroid dienone is 3. The van der Waals surface area contributed by atoms with E-state index in [4.69, 9.17) is 4.74 Å². The van der Waals surface area contributed by atoms with Crippen LogP contribution in [0.1, 0.15) is 116 Å². The Bertz CT molecular complexity index is 547. The summed E-state index contributed by atoms with van der Waals surface area (Å²) in [6.45, 7) is 3.98. The fraction of sp³-hybridized carbons (Fsp3) is 0.871. The monoisotopic (exact) mass is 440 g/mol. The SMILES string of the molecule is C=CC1CCC(CC/C=C/C2CCC(C3CCC(C4CCC(OC)CC4)CC3)CC2)CC1. The van der Waals surface area contributed by atoms with E-state index in [2.05, 4.69) is 24.8 Å². The molecular weight excluding hydrogens is 388 g/mol. The Hall–Kier alpha value is -0.560. The fourth-order valence-electron chi connectivity index (χ4n) is 8.03. The van der Waals surface area contributed by atoms with E-state index in [-0.39, 0.29) is 0 Å². The first-order chi connectivity index (χ1) is 15.7. The van der Waals surface area contributed by atoms with E-state index in [1.807, 2.05) is 7.11 Å².